The first-order chi connectivity index (χ1) is 9.20. The van der Waals surface area contributed by atoms with Crippen LogP contribution in [0.1, 0.15) is 46.1 Å². The fourth-order valence-corrected chi connectivity index (χ4v) is 2.26. The summed E-state index contributed by atoms with van der Waals surface area (Å²) < 4.78 is 0. The van der Waals surface area contributed by atoms with Crippen molar-refractivity contribution in [1.82, 2.24) is 9.88 Å². The second-order valence-corrected chi connectivity index (χ2v) is 5.02. The standard InChI is InChI=1S/C14H23N3.C2H6/c1-4-16-7-9-17(10-8-16)14-11-13(12(2)3)5-6-15-14;1-2/h5-6,11-12H,4,7-10H2,1-3H3;1-2H3. The first-order valence-corrected chi connectivity index (χ1v) is 7.64. The molecule has 1 aliphatic heterocycles. The van der Waals surface area contributed by atoms with Gasteiger partial charge >= 0.3 is 0 Å². The third kappa shape index (κ3) is 4.50. The van der Waals surface area contributed by atoms with Crippen LogP contribution in [0.3, 0.4) is 0 Å². The molecule has 1 aromatic heterocycles. The van der Waals surface area contributed by atoms with E-state index in [1.54, 1.807) is 0 Å². The molecule has 3 nitrogen and oxygen atoms in total. The van der Waals surface area contributed by atoms with Gasteiger partial charge in [-0.1, -0.05) is 34.6 Å². The quantitative estimate of drug-likeness (QED) is 0.833. The van der Waals surface area contributed by atoms with E-state index in [1.165, 1.54) is 5.56 Å². The number of likely N-dealkylation sites (N-methyl/N-ethyl adjacent to an activating group) is 1. The molecule has 0 aromatic carbocycles. The van der Waals surface area contributed by atoms with Crippen LogP contribution in [0.2, 0.25) is 0 Å². The fourth-order valence-electron chi connectivity index (χ4n) is 2.26. The van der Waals surface area contributed by atoms with Crippen molar-refractivity contribution < 1.29 is 0 Å². The first kappa shape index (κ1) is 16.0. The average Bonchev–Trinajstić information content (AvgIpc) is 2.49. The number of rotatable bonds is 3. The van der Waals surface area contributed by atoms with Crippen LogP contribution in [0.4, 0.5) is 5.82 Å². The minimum absolute atomic E-state index is 0.577. The lowest BCUT2D eigenvalue weighted by Gasteiger charge is -2.35. The summed E-state index contributed by atoms with van der Waals surface area (Å²) in [5, 5.41) is 0. The SMILES string of the molecule is CC.CCN1CCN(c2cc(C(C)C)ccn2)CC1. The van der Waals surface area contributed by atoms with Gasteiger partial charge in [0.15, 0.2) is 0 Å². The number of pyridine rings is 1. The van der Waals surface area contributed by atoms with Gasteiger partial charge < -0.3 is 9.80 Å². The Balaban J connectivity index is 0.000000861. The van der Waals surface area contributed by atoms with Crippen LogP contribution in [0.5, 0.6) is 0 Å². The fraction of sp³-hybridized carbons (Fsp3) is 0.688. The van der Waals surface area contributed by atoms with Gasteiger partial charge in [0.1, 0.15) is 5.82 Å². The summed E-state index contributed by atoms with van der Waals surface area (Å²) in [5.41, 5.74) is 1.38. The summed E-state index contributed by atoms with van der Waals surface area (Å²) in [5.74, 6) is 1.72. The Morgan fingerprint density at radius 1 is 1.16 bits per heavy atom. The molecule has 108 valence electrons. The van der Waals surface area contributed by atoms with Crippen LogP contribution in [-0.2, 0) is 0 Å². The Bertz CT molecular complexity index is 355. The Kier molecular flexibility index (Phi) is 6.85. The van der Waals surface area contributed by atoms with E-state index in [9.17, 15) is 0 Å². The highest BCUT2D eigenvalue weighted by molar-refractivity contribution is 5.42. The topological polar surface area (TPSA) is 19.4 Å². The number of hydrogen-bond acceptors (Lipinski definition) is 3. The summed E-state index contributed by atoms with van der Waals surface area (Å²) >= 11 is 0. The molecular formula is C16H29N3. The molecule has 0 amide bonds. The lowest BCUT2D eigenvalue weighted by Crippen LogP contribution is -2.46. The zero-order valence-corrected chi connectivity index (χ0v) is 13.2. The number of hydrogen-bond donors (Lipinski definition) is 0. The monoisotopic (exact) mass is 263 g/mol. The Morgan fingerprint density at radius 3 is 2.32 bits per heavy atom. The van der Waals surface area contributed by atoms with E-state index in [2.05, 4.69) is 47.7 Å². The highest BCUT2D eigenvalue weighted by Gasteiger charge is 2.16. The number of aromatic nitrogens is 1. The molecule has 2 heterocycles. The van der Waals surface area contributed by atoms with Gasteiger partial charge in [0, 0.05) is 32.4 Å². The maximum absolute atomic E-state index is 4.50. The molecule has 0 atom stereocenters. The summed E-state index contributed by atoms with van der Waals surface area (Å²) in [7, 11) is 0. The highest BCUT2D eigenvalue weighted by Crippen LogP contribution is 2.20. The number of nitrogens with zero attached hydrogens (tertiary/aromatic N) is 3. The van der Waals surface area contributed by atoms with E-state index in [0.29, 0.717) is 5.92 Å². The van der Waals surface area contributed by atoms with Crippen molar-refractivity contribution in [2.75, 3.05) is 37.6 Å². The van der Waals surface area contributed by atoms with Gasteiger partial charge in [-0.15, -0.1) is 0 Å². The third-order valence-electron chi connectivity index (χ3n) is 3.58. The lowest BCUT2D eigenvalue weighted by molar-refractivity contribution is 0.270. The van der Waals surface area contributed by atoms with Crippen LogP contribution in [0.15, 0.2) is 18.3 Å². The van der Waals surface area contributed by atoms with Crippen molar-refractivity contribution >= 4 is 5.82 Å². The smallest absolute Gasteiger partial charge is 0.128 e. The van der Waals surface area contributed by atoms with E-state index < -0.39 is 0 Å². The van der Waals surface area contributed by atoms with Crippen molar-refractivity contribution in [3.63, 3.8) is 0 Å². The summed E-state index contributed by atoms with van der Waals surface area (Å²) in [6.45, 7) is 16.4. The number of piperazine rings is 1. The van der Waals surface area contributed by atoms with Crippen LogP contribution in [-0.4, -0.2) is 42.6 Å². The number of anilines is 1. The molecule has 2 rings (SSSR count). The molecule has 0 N–H and O–H groups in total. The molecule has 0 aliphatic carbocycles. The van der Waals surface area contributed by atoms with Crippen molar-refractivity contribution in [1.29, 1.82) is 0 Å². The molecule has 0 unspecified atom stereocenters. The normalized spacial score (nSPS) is 16.2. The molecule has 0 bridgehead atoms. The maximum Gasteiger partial charge on any atom is 0.128 e. The highest BCUT2D eigenvalue weighted by atomic mass is 15.3. The predicted octanol–water partition coefficient (Wildman–Crippen LogP) is 3.37. The van der Waals surface area contributed by atoms with Gasteiger partial charge in [-0.05, 0) is 30.2 Å². The van der Waals surface area contributed by atoms with Crippen LogP contribution in [0, 0.1) is 0 Å². The Hall–Kier alpha value is -1.09. The van der Waals surface area contributed by atoms with Crippen LogP contribution < -0.4 is 4.90 Å². The largest absolute Gasteiger partial charge is 0.354 e. The Labute approximate surface area is 118 Å². The molecular weight excluding hydrogens is 234 g/mol. The summed E-state index contributed by atoms with van der Waals surface area (Å²) in [6, 6.07) is 4.36. The summed E-state index contributed by atoms with van der Waals surface area (Å²) in [4.78, 5) is 9.39. The third-order valence-corrected chi connectivity index (χ3v) is 3.58. The first-order valence-electron chi connectivity index (χ1n) is 7.64. The van der Waals surface area contributed by atoms with Crippen LogP contribution >= 0.6 is 0 Å². The van der Waals surface area contributed by atoms with Crippen molar-refractivity contribution in [3.8, 4) is 0 Å². The minimum atomic E-state index is 0.577. The Morgan fingerprint density at radius 2 is 1.79 bits per heavy atom. The van der Waals surface area contributed by atoms with E-state index in [4.69, 9.17) is 0 Å². The van der Waals surface area contributed by atoms with Gasteiger partial charge in [0.25, 0.3) is 0 Å². The molecule has 1 aromatic rings. The van der Waals surface area contributed by atoms with Gasteiger partial charge in [0.05, 0.1) is 0 Å². The molecule has 19 heavy (non-hydrogen) atoms. The molecule has 0 radical (unpaired) electrons. The van der Waals surface area contributed by atoms with Crippen molar-refractivity contribution in [2.45, 2.75) is 40.5 Å². The molecule has 1 fully saturated rings. The molecule has 1 saturated heterocycles. The second kappa shape index (κ2) is 8.16. The molecule has 0 spiro atoms. The van der Waals surface area contributed by atoms with Crippen molar-refractivity contribution in [2.24, 2.45) is 0 Å². The molecule has 0 saturated carbocycles. The zero-order valence-electron chi connectivity index (χ0n) is 13.2. The van der Waals surface area contributed by atoms with E-state index >= 15 is 0 Å². The molecule has 1 aliphatic rings. The average molecular weight is 263 g/mol. The minimum Gasteiger partial charge on any atom is -0.354 e. The van der Waals surface area contributed by atoms with Gasteiger partial charge in [0.2, 0.25) is 0 Å². The van der Waals surface area contributed by atoms with E-state index in [-0.39, 0.29) is 0 Å². The van der Waals surface area contributed by atoms with E-state index in [0.717, 1.165) is 38.5 Å². The van der Waals surface area contributed by atoms with E-state index in [1.807, 2.05) is 20.0 Å². The van der Waals surface area contributed by atoms with Gasteiger partial charge in [-0.2, -0.15) is 0 Å². The summed E-state index contributed by atoms with van der Waals surface area (Å²) in [6.07, 6.45) is 1.94. The second-order valence-electron chi connectivity index (χ2n) is 5.02. The lowest BCUT2D eigenvalue weighted by atomic mass is 10.0. The predicted molar refractivity (Wildman–Crippen MR) is 84.0 cm³/mol. The maximum atomic E-state index is 4.50. The van der Waals surface area contributed by atoms with Gasteiger partial charge in [-0.3, -0.25) is 0 Å². The van der Waals surface area contributed by atoms with Crippen molar-refractivity contribution in [3.05, 3.63) is 23.9 Å². The zero-order chi connectivity index (χ0) is 14.3. The van der Waals surface area contributed by atoms with Crippen LogP contribution in [0.25, 0.3) is 0 Å². The van der Waals surface area contributed by atoms with Gasteiger partial charge in [-0.25, -0.2) is 4.98 Å². The molecule has 3 heteroatoms.